The molecule has 1 saturated heterocycles. The fourth-order valence-corrected chi connectivity index (χ4v) is 2.20. The summed E-state index contributed by atoms with van der Waals surface area (Å²) in [6.45, 7) is 2.65. The van der Waals surface area contributed by atoms with Crippen molar-refractivity contribution in [1.82, 2.24) is 4.98 Å². The second-order valence-corrected chi connectivity index (χ2v) is 4.79. The molecule has 0 N–H and O–H groups in total. The van der Waals surface area contributed by atoms with Crippen molar-refractivity contribution in [3.63, 3.8) is 0 Å². The lowest BCUT2D eigenvalue weighted by Gasteiger charge is -2.33. The van der Waals surface area contributed by atoms with Crippen LogP contribution in [0.5, 0.6) is 0 Å². The van der Waals surface area contributed by atoms with E-state index in [4.69, 9.17) is 4.74 Å². The Kier molecular flexibility index (Phi) is 4.02. The Balaban J connectivity index is 2.11. The largest absolute Gasteiger partial charge is 0.504 e. The maximum absolute atomic E-state index is 13.1. The van der Waals surface area contributed by atoms with E-state index in [2.05, 4.69) is 4.98 Å². The maximum Gasteiger partial charge on any atom is 0.251 e. The lowest BCUT2D eigenvalue weighted by atomic mass is 10.1. The van der Waals surface area contributed by atoms with Gasteiger partial charge >= 0.3 is 0 Å². The van der Waals surface area contributed by atoms with Crippen LogP contribution >= 0.6 is 0 Å². The molecule has 0 atom stereocenters. The van der Waals surface area contributed by atoms with Crippen molar-refractivity contribution in [1.29, 1.82) is 0 Å². The van der Waals surface area contributed by atoms with Crippen molar-refractivity contribution in [3.05, 3.63) is 29.7 Å². The molecule has 1 aromatic heterocycles. The van der Waals surface area contributed by atoms with E-state index in [0.717, 1.165) is 16.9 Å². The van der Waals surface area contributed by atoms with Gasteiger partial charge in [-0.2, -0.15) is 0 Å². The minimum atomic E-state index is -2.52. The Morgan fingerprint density at radius 1 is 1.37 bits per heavy atom. The van der Waals surface area contributed by atoms with E-state index >= 15 is 0 Å². The monoisotopic (exact) mass is 268 g/mol. The zero-order valence-corrected chi connectivity index (χ0v) is 11.2. The number of methoxy groups -OCH3 is 1. The number of aryl methyl sites for hydroxylation is 1. The lowest BCUT2D eigenvalue weighted by molar-refractivity contribution is -0.0221. The van der Waals surface area contributed by atoms with Gasteiger partial charge in [0.25, 0.3) is 5.92 Å². The number of nitrogens with zero attached hydrogens (tertiary/aromatic N) is 2. The van der Waals surface area contributed by atoms with Gasteiger partial charge in [-0.15, -0.1) is 0 Å². The smallest absolute Gasteiger partial charge is 0.251 e. The zero-order chi connectivity index (χ0) is 13.9. The van der Waals surface area contributed by atoms with Gasteiger partial charge in [-0.1, -0.05) is 0 Å². The molecule has 5 heteroatoms. The molecule has 0 radical (unpaired) electrons. The van der Waals surface area contributed by atoms with Gasteiger partial charge in [-0.3, -0.25) is 0 Å². The average molecular weight is 268 g/mol. The minimum Gasteiger partial charge on any atom is -0.504 e. The SMILES string of the molecule is CO/C=C/c1cnc(N2CCC(F)(F)CC2)c(C)c1. The summed E-state index contributed by atoms with van der Waals surface area (Å²) >= 11 is 0. The molecule has 0 amide bonds. The number of rotatable bonds is 3. The van der Waals surface area contributed by atoms with Crippen molar-refractivity contribution in [2.75, 3.05) is 25.1 Å². The van der Waals surface area contributed by atoms with Gasteiger partial charge < -0.3 is 9.64 Å². The number of hydrogen-bond acceptors (Lipinski definition) is 3. The van der Waals surface area contributed by atoms with E-state index in [-0.39, 0.29) is 12.8 Å². The normalized spacial score (nSPS) is 18.8. The summed E-state index contributed by atoms with van der Waals surface area (Å²) in [5.41, 5.74) is 1.92. The third-order valence-electron chi connectivity index (χ3n) is 3.26. The van der Waals surface area contributed by atoms with Crippen LogP contribution in [0.2, 0.25) is 0 Å². The molecule has 1 aliphatic heterocycles. The van der Waals surface area contributed by atoms with E-state index in [1.54, 1.807) is 19.6 Å². The summed E-state index contributed by atoms with van der Waals surface area (Å²) in [5.74, 6) is -1.73. The minimum absolute atomic E-state index is 0.0978. The molecule has 3 nitrogen and oxygen atoms in total. The quantitative estimate of drug-likeness (QED) is 0.787. The summed E-state index contributed by atoms with van der Waals surface area (Å²) in [5, 5.41) is 0. The fraction of sp³-hybridized carbons (Fsp3) is 0.500. The molecule has 1 aliphatic rings. The first-order valence-corrected chi connectivity index (χ1v) is 6.30. The lowest BCUT2D eigenvalue weighted by Crippen LogP contribution is -2.40. The first-order chi connectivity index (χ1) is 9.02. The predicted molar refractivity (Wildman–Crippen MR) is 71.4 cm³/mol. The highest BCUT2D eigenvalue weighted by atomic mass is 19.3. The first-order valence-electron chi connectivity index (χ1n) is 6.30. The zero-order valence-electron chi connectivity index (χ0n) is 11.2. The van der Waals surface area contributed by atoms with E-state index in [1.165, 1.54) is 0 Å². The van der Waals surface area contributed by atoms with Crippen LogP contribution < -0.4 is 4.90 Å². The van der Waals surface area contributed by atoms with Crippen molar-refractivity contribution in [2.24, 2.45) is 0 Å². The van der Waals surface area contributed by atoms with Crippen molar-refractivity contribution < 1.29 is 13.5 Å². The van der Waals surface area contributed by atoms with Crippen molar-refractivity contribution in [3.8, 4) is 0 Å². The second-order valence-electron chi connectivity index (χ2n) is 4.79. The topological polar surface area (TPSA) is 25.4 Å². The van der Waals surface area contributed by atoms with Crippen LogP contribution in [0.1, 0.15) is 24.0 Å². The Labute approximate surface area is 111 Å². The standard InChI is InChI=1S/C14H18F2N2O/c1-11-9-12(3-8-19-2)10-17-13(11)18-6-4-14(15,16)5-7-18/h3,8-10H,4-7H2,1-2H3/b8-3+. The predicted octanol–water partition coefficient (Wildman–Crippen LogP) is 3.24. The van der Waals surface area contributed by atoms with Gasteiger partial charge in [-0.05, 0) is 30.2 Å². The van der Waals surface area contributed by atoms with Gasteiger partial charge in [0.05, 0.1) is 13.4 Å². The summed E-state index contributed by atoms with van der Waals surface area (Å²) in [6, 6.07) is 1.98. The van der Waals surface area contributed by atoms with E-state index < -0.39 is 5.92 Å². The molecule has 0 aromatic carbocycles. The molecular formula is C14H18F2N2O. The highest BCUT2D eigenvalue weighted by molar-refractivity contribution is 5.55. The van der Waals surface area contributed by atoms with Gasteiger partial charge in [0.2, 0.25) is 0 Å². The van der Waals surface area contributed by atoms with Gasteiger partial charge in [0.15, 0.2) is 0 Å². The second kappa shape index (κ2) is 5.55. The molecule has 1 fully saturated rings. The number of hydrogen-bond donors (Lipinski definition) is 0. The van der Waals surface area contributed by atoms with Crippen LogP contribution in [-0.2, 0) is 4.74 Å². The summed E-state index contributed by atoms with van der Waals surface area (Å²) in [4.78, 5) is 6.30. The highest BCUT2D eigenvalue weighted by Crippen LogP contribution is 2.30. The molecule has 2 rings (SSSR count). The molecule has 2 heterocycles. The first kappa shape index (κ1) is 13.8. The molecule has 0 spiro atoms. The molecular weight excluding hydrogens is 250 g/mol. The number of aromatic nitrogens is 1. The average Bonchev–Trinajstić information content (AvgIpc) is 2.37. The number of anilines is 1. The molecule has 1 aromatic rings. The highest BCUT2D eigenvalue weighted by Gasteiger charge is 2.34. The van der Waals surface area contributed by atoms with Crippen molar-refractivity contribution >= 4 is 11.9 Å². The van der Waals surface area contributed by atoms with E-state index in [1.807, 2.05) is 24.0 Å². The fourth-order valence-electron chi connectivity index (χ4n) is 2.20. The third kappa shape index (κ3) is 3.43. The van der Waals surface area contributed by atoms with Crippen LogP contribution in [0.15, 0.2) is 18.5 Å². The van der Waals surface area contributed by atoms with Crippen LogP contribution in [0.25, 0.3) is 6.08 Å². The van der Waals surface area contributed by atoms with E-state index in [0.29, 0.717) is 13.1 Å². The van der Waals surface area contributed by atoms with Crippen LogP contribution in [0.4, 0.5) is 14.6 Å². The molecule has 0 aliphatic carbocycles. The molecule has 104 valence electrons. The number of alkyl halides is 2. The molecule has 0 bridgehead atoms. The summed E-state index contributed by atoms with van der Waals surface area (Å²) < 4.78 is 31.1. The Bertz CT molecular complexity index is 465. The van der Waals surface area contributed by atoms with Gasteiger partial charge in [0.1, 0.15) is 5.82 Å². The molecule has 19 heavy (non-hydrogen) atoms. The molecule has 0 saturated carbocycles. The third-order valence-corrected chi connectivity index (χ3v) is 3.26. The number of halogens is 2. The Hall–Kier alpha value is -1.65. The molecule has 0 unspecified atom stereocenters. The van der Waals surface area contributed by atoms with Crippen LogP contribution in [-0.4, -0.2) is 31.1 Å². The summed E-state index contributed by atoms with van der Waals surface area (Å²) in [6.07, 6.45) is 4.93. The number of ether oxygens (including phenoxy) is 1. The van der Waals surface area contributed by atoms with Crippen molar-refractivity contribution in [2.45, 2.75) is 25.7 Å². The summed E-state index contributed by atoms with van der Waals surface area (Å²) in [7, 11) is 1.58. The Morgan fingerprint density at radius 3 is 2.63 bits per heavy atom. The van der Waals surface area contributed by atoms with Gasteiger partial charge in [0, 0.05) is 32.1 Å². The van der Waals surface area contributed by atoms with E-state index in [9.17, 15) is 8.78 Å². The number of piperidine rings is 1. The number of pyridine rings is 1. The van der Waals surface area contributed by atoms with Crippen LogP contribution in [0, 0.1) is 6.92 Å². The van der Waals surface area contributed by atoms with Gasteiger partial charge in [-0.25, -0.2) is 13.8 Å². The Morgan fingerprint density at radius 2 is 2.05 bits per heavy atom. The maximum atomic E-state index is 13.1. The van der Waals surface area contributed by atoms with Crippen LogP contribution in [0.3, 0.4) is 0 Å².